The third kappa shape index (κ3) is 5.18. The van der Waals surface area contributed by atoms with Crippen LogP contribution in [-0.2, 0) is 21.0 Å². The molecule has 1 aromatic heterocycles. The zero-order valence-electron chi connectivity index (χ0n) is 18.3. The molecule has 0 aliphatic rings. The van der Waals surface area contributed by atoms with Crippen LogP contribution in [0.2, 0.25) is 0 Å². The molecule has 0 aliphatic heterocycles. The number of nitrogens with zero attached hydrogens (tertiary/aromatic N) is 2. The summed E-state index contributed by atoms with van der Waals surface area (Å²) in [6, 6.07) is 9.29. The molecule has 3 rings (SSSR count). The number of halogens is 3. The number of aromatic nitrogens is 2. The molecule has 0 unspecified atom stereocenters. The minimum absolute atomic E-state index is 0.0216. The SMILES string of the molecule is Cc1nn(-c2cccc(C(F)(F)F)c2)c(C)c1C(=O)C(=O)N[C@H](C)c1ccc(S(N)(=O)=O)cc1. The number of aryl methyl sites for hydroxylation is 1. The van der Waals surface area contributed by atoms with Crippen LogP contribution >= 0.6 is 0 Å². The molecule has 180 valence electrons. The van der Waals surface area contributed by atoms with Gasteiger partial charge in [-0.1, -0.05) is 18.2 Å². The van der Waals surface area contributed by atoms with Crippen molar-refractivity contribution < 1.29 is 31.2 Å². The van der Waals surface area contributed by atoms with Crippen LogP contribution in [0.25, 0.3) is 5.69 Å². The van der Waals surface area contributed by atoms with Crippen LogP contribution in [0, 0.1) is 13.8 Å². The van der Waals surface area contributed by atoms with Gasteiger partial charge in [0.2, 0.25) is 10.0 Å². The molecule has 0 radical (unpaired) electrons. The van der Waals surface area contributed by atoms with E-state index < -0.39 is 39.5 Å². The van der Waals surface area contributed by atoms with E-state index in [0.29, 0.717) is 5.56 Å². The molecule has 34 heavy (non-hydrogen) atoms. The number of Topliss-reactive ketones (excluding diaryl/α,β-unsaturated/α-hetero) is 1. The maximum absolute atomic E-state index is 13.1. The molecule has 3 aromatic rings. The maximum atomic E-state index is 13.1. The predicted octanol–water partition coefficient (Wildman–Crippen LogP) is 3.22. The molecule has 2 aromatic carbocycles. The van der Waals surface area contributed by atoms with Gasteiger partial charge in [0, 0.05) is 0 Å². The minimum atomic E-state index is -4.55. The summed E-state index contributed by atoms with van der Waals surface area (Å²) in [5.41, 5.74) is 0.124. The Morgan fingerprint density at radius 3 is 2.26 bits per heavy atom. The largest absolute Gasteiger partial charge is 0.416 e. The van der Waals surface area contributed by atoms with Crippen LogP contribution < -0.4 is 10.5 Å². The number of hydrogen-bond acceptors (Lipinski definition) is 5. The Balaban J connectivity index is 1.84. The Bertz CT molecular complexity index is 1360. The zero-order valence-corrected chi connectivity index (χ0v) is 19.2. The second-order valence-electron chi connectivity index (χ2n) is 7.64. The van der Waals surface area contributed by atoms with Crippen molar-refractivity contribution in [1.29, 1.82) is 0 Å². The minimum Gasteiger partial charge on any atom is -0.343 e. The number of nitrogens with two attached hydrogens (primary N) is 1. The second-order valence-corrected chi connectivity index (χ2v) is 9.21. The van der Waals surface area contributed by atoms with Gasteiger partial charge in [0.1, 0.15) is 0 Å². The molecule has 0 bridgehead atoms. The number of rotatable bonds is 6. The van der Waals surface area contributed by atoms with E-state index in [1.807, 2.05) is 0 Å². The fourth-order valence-electron chi connectivity index (χ4n) is 3.44. The van der Waals surface area contributed by atoms with Crippen molar-refractivity contribution in [3.05, 3.63) is 76.6 Å². The van der Waals surface area contributed by atoms with Gasteiger partial charge >= 0.3 is 6.18 Å². The predicted molar refractivity (Wildman–Crippen MR) is 117 cm³/mol. The van der Waals surface area contributed by atoms with E-state index >= 15 is 0 Å². The Morgan fingerprint density at radius 2 is 1.71 bits per heavy atom. The van der Waals surface area contributed by atoms with Crippen LogP contribution in [-0.4, -0.2) is 29.9 Å². The van der Waals surface area contributed by atoms with Crippen molar-refractivity contribution in [1.82, 2.24) is 15.1 Å². The first-order chi connectivity index (χ1) is 15.7. The van der Waals surface area contributed by atoms with Gasteiger partial charge in [-0.2, -0.15) is 18.3 Å². The first-order valence-electron chi connectivity index (χ1n) is 9.92. The molecule has 0 saturated carbocycles. The first-order valence-corrected chi connectivity index (χ1v) is 11.5. The van der Waals surface area contributed by atoms with Crippen LogP contribution in [0.5, 0.6) is 0 Å². The number of sulfonamides is 1. The lowest BCUT2D eigenvalue weighted by Gasteiger charge is -2.14. The molecular weight excluding hydrogens is 473 g/mol. The number of amides is 1. The lowest BCUT2D eigenvalue weighted by atomic mass is 10.1. The van der Waals surface area contributed by atoms with Gasteiger partial charge in [-0.15, -0.1) is 0 Å². The Kier molecular flexibility index (Phi) is 6.67. The summed E-state index contributed by atoms with van der Waals surface area (Å²) in [6.07, 6.45) is -4.55. The summed E-state index contributed by atoms with van der Waals surface area (Å²) in [7, 11) is -3.87. The highest BCUT2D eigenvalue weighted by Crippen LogP contribution is 2.31. The normalized spacial score (nSPS) is 12.9. The van der Waals surface area contributed by atoms with E-state index in [4.69, 9.17) is 5.14 Å². The lowest BCUT2D eigenvalue weighted by Crippen LogP contribution is -2.33. The maximum Gasteiger partial charge on any atom is 0.416 e. The van der Waals surface area contributed by atoms with Crippen LogP contribution in [0.3, 0.4) is 0 Å². The van der Waals surface area contributed by atoms with E-state index in [-0.39, 0.29) is 27.5 Å². The van der Waals surface area contributed by atoms with Crippen molar-refractivity contribution in [2.45, 2.75) is 37.9 Å². The molecule has 12 heteroatoms. The summed E-state index contributed by atoms with van der Waals surface area (Å²) in [5.74, 6) is -1.85. The summed E-state index contributed by atoms with van der Waals surface area (Å²) >= 11 is 0. The number of alkyl halides is 3. The van der Waals surface area contributed by atoms with E-state index in [1.165, 1.54) is 54.9 Å². The van der Waals surface area contributed by atoms with E-state index in [0.717, 1.165) is 12.1 Å². The molecule has 0 aliphatic carbocycles. The van der Waals surface area contributed by atoms with E-state index in [9.17, 15) is 31.2 Å². The fourth-order valence-corrected chi connectivity index (χ4v) is 3.96. The zero-order chi connectivity index (χ0) is 25.4. The van der Waals surface area contributed by atoms with Crippen molar-refractivity contribution in [2.75, 3.05) is 0 Å². The monoisotopic (exact) mass is 494 g/mol. The van der Waals surface area contributed by atoms with Crippen LogP contribution in [0.1, 0.15) is 45.8 Å². The third-order valence-corrected chi connectivity index (χ3v) is 6.13. The number of nitrogens with one attached hydrogen (secondary N) is 1. The molecule has 3 N–H and O–H groups in total. The number of primary sulfonamides is 1. The van der Waals surface area contributed by atoms with Gasteiger partial charge in [-0.3, -0.25) is 9.59 Å². The fraction of sp³-hybridized carbons (Fsp3) is 0.227. The third-order valence-electron chi connectivity index (χ3n) is 5.20. The number of hydrogen-bond donors (Lipinski definition) is 2. The van der Waals surface area contributed by atoms with Crippen molar-refractivity contribution in [3.63, 3.8) is 0 Å². The second kappa shape index (κ2) is 9.03. The highest BCUT2D eigenvalue weighted by molar-refractivity contribution is 7.89. The summed E-state index contributed by atoms with van der Waals surface area (Å²) < 4.78 is 63.1. The smallest absolute Gasteiger partial charge is 0.343 e. The molecular formula is C22H21F3N4O4S. The van der Waals surface area contributed by atoms with Gasteiger partial charge in [0.25, 0.3) is 11.7 Å². The first kappa shape index (κ1) is 25.1. The molecule has 1 amide bonds. The summed E-state index contributed by atoms with van der Waals surface area (Å²) in [6.45, 7) is 4.56. The highest BCUT2D eigenvalue weighted by atomic mass is 32.2. The number of benzene rings is 2. The summed E-state index contributed by atoms with van der Waals surface area (Å²) in [4.78, 5) is 25.4. The number of ketones is 1. The molecule has 8 nitrogen and oxygen atoms in total. The number of carbonyl (C=O) groups excluding carboxylic acids is 2. The Labute approximate surface area is 193 Å². The van der Waals surface area contributed by atoms with Crippen molar-refractivity contribution in [2.24, 2.45) is 5.14 Å². The van der Waals surface area contributed by atoms with Gasteiger partial charge < -0.3 is 5.32 Å². The molecule has 1 heterocycles. The lowest BCUT2D eigenvalue weighted by molar-refractivity contribution is -0.137. The van der Waals surface area contributed by atoms with Crippen molar-refractivity contribution >= 4 is 21.7 Å². The van der Waals surface area contributed by atoms with E-state index in [1.54, 1.807) is 6.92 Å². The van der Waals surface area contributed by atoms with Crippen LogP contribution in [0.4, 0.5) is 13.2 Å². The Hall–Kier alpha value is -3.51. The summed E-state index contributed by atoms with van der Waals surface area (Å²) in [5, 5.41) is 11.8. The quantitative estimate of drug-likeness (QED) is 0.402. The van der Waals surface area contributed by atoms with Crippen molar-refractivity contribution in [3.8, 4) is 5.69 Å². The highest BCUT2D eigenvalue weighted by Gasteiger charge is 2.31. The molecule has 0 spiro atoms. The van der Waals surface area contributed by atoms with Gasteiger partial charge in [-0.05, 0) is 56.7 Å². The number of carbonyl (C=O) groups is 2. The molecule has 0 saturated heterocycles. The van der Waals surface area contributed by atoms with Crippen LogP contribution in [0.15, 0.2) is 53.4 Å². The van der Waals surface area contributed by atoms with Gasteiger partial charge in [-0.25, -0.2) is 18.2 Å². The average Bonchev–Trinajstić information content (AvgIpc) is 3.06. The Morgan fingerprint density at radius 1 is 1.09 bits per heavy atom. The standard InChI is InChI=1S/C22H21F3N4O4S/c1-12(15-7-9-18(10-8-15)34(26,32)33)27-21(31)20(30)19-13(2)28-29(14(19)3)17-6-4-5-16(11-17)22(23,24)25/h4-12H,1-3H3,(H,27,31)(H2,26,32,33)/t12-/m1/s1. The van der Waals surface area contributed by atoms with Gasteiger partial charge in [0.05, 0.1) is 39.1 Å². The van der Waals surface area contributed by atoms with E-state index in [2.05, 4.69) is 10.4 Å². The van der Waals surface area contributed by atoms with Gasteiger partial charge in [0.15, 0.2) is 0 Å². The molecule has 0 fully saturated rings. The average molecular weight is 494 g/mol. The topological polar surface area (TPSA) is 124 Å². The molecule has 1 atom stereocenters.